The molecule has 7 heteroatoms. The molecule has 0 saturated carbocycles. The number of ether oxygens (including phenoxy) is 2. The summed E-state index contributed by atoms with van der Waals surface area (Å²) in [6, 6.07) is 3.09. The second-order valence-electron chi connectivity index (χ2n) is 6.60. The maximum absolute atomic E-state index is 12.9. The zero-order valence-corrected chi connectivity index (χ0v) is 15.8. The van der Waals surface area contributed by atoms with Crippen LogP contribution in [0.3, 0.4) is 0 Å². The Balaban J connectivity index is 1.78. The van der Waals surface area contributed by atoms with Crippen molar-refractivity contribution in [3.05, 3.63) is 22.7 Å². The van der Waals surface area contributed by atoms with Gasteiger partial charge in [-0.2, -0.15) is 0 Å². The van der Waals surface area contributed by atoms with Crippen LogP contribution in [0.2, 0.25) is 5.02 Å². The van der Waals surface area contributed by atoms with Gasteiger partial charge in [-0.15, -0.1) is 5.92 Å². The average Bonchev–Trinajstić information content (AvgIpc) is 2.61. The van der Waals surface area contributed by atoms with Crippen LogP contribution < -0.4 is 15.8 Å². The molecule has 2 saturated heterocycles. The fourth-order valence-corrected chi connectivity index (χ4v) is 3.53. The summed E-state index contributed by atoms with van der Waals surface area (Å²) in [7, 11) is 0. The standard InChI is InChI=1S/C19H24ClN3O3/c1-3-4-12(2)26-17-10-15(21)14(20)9-13(17)19(24)22-16-5-6-23-7-8-25-18(16)11-23/h9-10,12,16,18H,5-8,11,21H2,1-2H3,(H,22,24)/t12-,16?,18?/m0/s1. The molecular weight excluding hydrogens is 354 g/mol. The van der Waals surface area contributed by atoms with E-state index >= 15 is 0 Å². The highest BCUT2D eigenvalue weighted by molar-refractivity contribution is 6.33. The van der Waals surface area contributed by atoms with Gasteiger partial charge in [-0.05, 0) is 26.3 Å². The lowest BCUT2D eigenvalue weighted by atomic mass is 9.99. The van der Waals surface area contributed by atoms with E-state index in [-0.39, 0.29) is 24.2 Å². The Bertz CT molecular complexity index is 744. The maximum Gasteiger partial charge on any atom is 0.255 e. The molecule has 0 radical (unpaired) electrons. The van der Waals surface area contributed by atoms with Crippen molar-refractivity contribution in [3.63, 3.8) is 0 Å². The van der Waals surface area contributed by atoms with E-state index in [9.17, 15) is 4.79 Å². The van der Waals surface area contributed by atoms with E-state index in [1.54, 1.807) is 19.1 Å². The molecule has 4 atom stereocenters. The van der Waals surface area contributed by atoms with Crippen LogP contribution in [0, 0.1) is 11.8 Å². The van der Waals surface area contributed by atoms with Crippen molar-refractivity contribution in [2.24, 2.45) is 0 Å². The van der Waals surface area contributed by atoms with E-state index in [4.69, 9.17) is 26.8 Å². The number of nitrogens with two attached hydrogens (primary N) is 1. The second-order valence-corrected chi connectivity index (χ2v) is 7.01. The number of fused-ring (bicyclic) bond motifs is 2. The molecule has 2 fully saturated rings. The van der Waals surface area contributed by atoms with Gasteiger partial charge in [0.25, 0.3) is 5.91 Å². The number of piperidine rings is 1. The van der Waals surface area contributed by atoms with E-state index in [2.05, 4.69) is 22.1 Å². The lowest BCUT2D eigenvalue weighted by molar-refractivity contribution is -0.0702. The first-order chi connectivity index (χ1) is 12.5. The molecule has 1 aromatic carbocycles. The highest BCUT2D eigenvalue weighted by Gasteiger charge is 2.34. The third kappa shape index (κ3) is 4.24. The highest BCUT2D eigenvalue weighted by atomic mass is 35.5. The van der Waals surface area contributed by atoms with Gasteiger partial charge in [0.2, 0.25) is 0 Å². The average molecular weight is 378 g/mol. The van der Waals surface area contributed by atoms with Crippen molar-refractivity contribution in [1.29, 1.82) is 0 Å². The number of anilines is 1. The molecule has 1 aromatic rings. The minimum absolute atomic E-state index is 0.0138. The van der Waals surface area contributed by atoms with Crippen LogP contribution in [-0.4, -0.2) is 55.3 Å². The normalized spacial score (nSPS) is 25.6. The molecule has 3 unspecified atom stereocenters. The maximum atomic E-state index is 12.9. The fraction of sp³-hybridized carbons (Fsp3) is 0.526. The van der Waals surface area contributed by atoms with Gasteiger partial charge in [0.05, 0.1) is 35.0 Å². The molecule has 2 heterocycles. The smallest absolute Gasteiger partial charge is 0.255 e. The minimum Gasteiger partial charge on any atom is -0.477 e. The number of benzene rings is 1. The molecule has 2 bridgehead atoms. The second kappa shape index (κ2) is 8.17. The predicted molar refractivity (Wildman–Crippen MR) is 101 cm³/mol. The summed E-state index contributed by atoms with van der Waals surface area (Å²) in [5, 5.41) is 3.40. The van der Waals surface area contributed by atoms with Gasteiger partial charge < -0.3 is 20.5 Å². The van der Waals surface area contributed by atoms with Gasteiger partial charge in [0.15, 0.2) is 6.10 Å². The molecule has 0 aromatic heterocycles. The number of amides is 1. The van der Waals surface area contributed by atoms with E-state index in [1.807, 2.05) is 6.92 Å². The molecule has 26 heavy (non-hydrogen) atoms. The first-order valence-electron chi connectivity index (χ1n) is 8.80. The van der Waals surface area contributed by atoms with Crippen LogP contribution in [0.25, 0.3) is 0 Å². The quantitative estimate of drug-likeness (QED) is 0.619. The molecule has 3 rings (SSSR count). The number of rotatable bonds is 4. The summed E-state index contributed by atoms with van der Waals surface area (Å²) in [4.78, 5) is 15.3. The number of nitrogen functional groups attached to an aromatic ring is 1. The van der Waals surface area contributed by atoms with Crippen molar-refractivity contribution >= 4 is 23.2 Å². The Kier molecular flexibility index (Phi) is 5.92. The Morgan fingerprint density at radius 3 is 3.08 bits per heavy atom. The number of hydrogen-bond acceptors (Lipinski definition) is 5. The van der Waals surface area contributed by atoms with E-state index in [0.29, 0.717) is 28.6 Å². The van der Waals surface area contributed by atoms with Gasteiger partial charge in [-0.25, -0.2) is 0 Å². The summed E-state index contributed by atoms with van der Waals surface area (Å²) in [6.45, 7) is 7.01. The molecular formula is C19H24ClN3O3. The van der Waals surface area contributed by atoms with Crippen LogP contribution in [0.4, 0.5) is 5.69 Å². The third-order valence-electron chi connectivity index (χ3n) is 4.69. The molecule has 6 nitrogen and oxygen atoms in total. The fourth-order valence-electron chi connectivity index (χ4n) is 3.36. The molecule has 140 valence electrons. The van der Waals surface area contributed by atoms with Crippen LogP contribution >= 0.6 is 11.6 Å². The summed E-state index contributed by atoms with van der Waals surface area (Å²) < 4.78 is 11.6. The minimum atomic E-state index is -0.364. The molecule has 2 aliphatic heterocycles. The van der Waals surface area contributed by atoms with Crippen molar-refractivity contribution in [1.82, 2.24) is 10.2 Å². The van der Waals surface area contributed by atoms with Gasteiger partial charge >= 0.3 is 0 Å². The number of carbonyl (C=O) groups is 1. The van der Waals surface area contributed by atoms with Crippen molar-refractivity contribution in [2.45, 2.75) is 38.5 Å². The zero-order valence-electron chi connectivity index (χ0n) is 15.0. The molecule has 1 amide bonds. The number of hydrogen-bond donors (Lipinski definition) is 2. The number of carbonyl (C=O) groups excluding carboxylic acids is 1. The summed E-state index contributed by atoms with van der Waals surface area (Å²) in [6.07, 6.45) is 0.504. The van der Waals surface area contributed by atoms with Crippen LogP contribution in [0.1, 0.15) is 30.6 Å². The Labute approximate surface area is 159 Å². The lowest BCUT2D eigenvalue weighted by Gasteiger charge is -2.42. The van der Waals surface area contributed by atoms with Crippen molar-refractivity contribution in [2.75, 3.05) is 32.0 Å². The van der Waals surface area contributed by atoms with Gasteiger partial charge in [-0.3, -0.25) is 9.69 Å². The largest absolute Gasteiger partial charge is 0.477 e. The number of morpholine rings is 1. The Hall–Kier alpha value is -1.94. The Morgan fingerprint density at radius 1 is 1.50 bits per heavy atom. The summed E-state index contributed by atoms with van der Waals surface area (Å²) >= 11 is 6.13. The van der Waals surface area contributed by atoms with Crippen LogP contribution in [0.15, 0.2) is 12.1 Å². The molecule has 2 aliphatic rings. The van der Waals surface area contributed by atoms with Gasteiger partial charge in [0.1, 0.15) is 5.75 Å². The number of halogens is 1. The van der Waals surface area contributed by atoms with Crippen molar-refractivity contribution < 1.29 is 14.3 Å². The van der Waals surface area contributed by atoms with Crippen LogP contribution in [-0.2, 0) is 4.74 Å². The van der Waals surface area contributed by atoms with E-state index in [1.165, 1.54) is 0 Å². The first-order valence-corrected chi connectivity index (χ1v) is 9.18. The summed E-state index contributed by atoms with van der Waals surface area (Å²) in [5.74, 6) is 5.83. The van der Waals surface area contributed by atoms with E-state index in [0.717, 1.165) is 26.1 Å². The van der Waals surface area contributed by atoms with Crippen molar-refractivity contribution in [3.8, 4) is 17.6 Å². The molecule has 0 aliphatic carbocycles. The van der Waals surface area contributed by atoms with E-state index < -0.39 is 0 Å². The zero-order chi connectivity index (χ0) is 18.7. The van der Waals surface area contributed by atoms with Gasteiger partial charge in [0, 0.05) is 25.7 Å². The number of nitrogens with zero attached hydrogens (tertiary/aromatic N) is 1. The topological polar surface area (TPSA) is 76.8 Å². The predicted octanol–water partition coefficient (Wildman–Crippen LogP) is 1.92. The molecule has 3 N–H and O–H groups in total. The monoisotopic (exact) mass is 377 g/mol. The first kappa shape index (κ1) is 18.8. The molecule has 0 spiro atoms. The van der Waals surface area contributed by atoms with Crippen LogP contribution in [0.5, 0.6) is 5.75 Å². The number of nitrogens with one attached hydrogen (secondary N) is 1. The summed E-state index contributed by atoms with van der Waals surface area (Å²) in [5.41, 5.74) is 6.60. The lowest BCUT2D eigenvalue weighted by Crippen LogP contribution is -2.58. The SMILES string of the molecule is CC#C[C@H](C)Oc1cc(N)c(Cl)cc1C(=O)NC1CCN2CCOC1C2. The highest BCUT2D eigenvalue weighted by Crippen LogP contribution is 2.30. The Morgan fingerprint density at radius 2 is 2.31 bits per heavy atom. The third-order valence-corrected chi connectivity index (χ3v) is 5.02. The van der Waals surface area contributed by atoms with Gasteiger partial charge in [-0.1, -0.05) is 17.5 Å².